The maximum absolute atomic E-state index is 12.9. The summed E-state index contributed by atoms with van der Waals surface area (Å²) < 4.78 is 33.1. The van der Waals surface area contributed by atoms with Crippen molar-refractivity contribution in [2.75, 3.05) is 19.7 Å². The molecule has 0 N–H and O–H groups in total. The average molecular weight is 340 g/mol. The molecule has 5 heteroatoms. The minimum Gasteiger partial charge on any atom is -0.493 e. The maximum atomic E-state index is 12.9. The molecule has 0 unspecified atom stereocenters. The molecule has 1 saturated heterocycles. The summed E-state index contributed by atoms with van der Waals surface area (Å²) in [6.45, 7) is 10.2. The molecule has 1 heterocycles. The number of hydrogen-bond donors (Lipinski definition) is 0. The first-order valence-corrected chi connectivity index (χ1v) is 10.0. The third-order valence-corrected chi connectivity index (χ3v) is 6.20. The Balaban J connectivity index is 2.18. The Morgan fingerprint density at radius 1 is 1.22 bits per heavy atom. The maximum Gasteiger partial charge on any atom is 0.243 e. The lowest BCUT2D eigenvalue weighted by atomic mass is 9.94. The topological polar surface area (TPSA) is 46.6 Å². The number of hydrogen-bond acceptors (Lipinski definition) is 3. The van der Waals surface area contributed by atoms with E-state index in [0.717, 1.165) is 30.6 Å². The van der Waals surface area contributed by atoms with Crippen LogP contribution in [0.25, 0.3) is 0 Å². The quantitative estimate of drug-likeness (QED) is 0.740. The normalized spacial score (nSPS) is 23.0. The summed E-state index contributed by atoms with van der Waals surface area (Å²) in [7, 11) is -3.41. The van der Waals surface area contributed by atoms with Crippen LogP contribution in [-0.4, -0.2) is 32.4 Å². The third-order valence-electron chi connectivity index (χ3n) is 4.37. The predicted octanol–water partition coefficient (Wildman–Crippen LogP) is 3.84. The molecule has 1 aliphatic heterocycles. The van der Waals surface area contributed by atoms with E-state index in [2.05, 4.69) is 20.8 Å². The molecule has 1 fully saturated rings. The average Bonchev–Trinajstić information content (AvgIpc) is 2.48. The fourth-order valence-corrected chi connectivity index (χ4v) is 4.99. The van der Waals surface area contributed by atoms with Crippen LogP contribution < -0.4 is 4.74 Å². The van der Waals surface area contributed by atoms with E-state index in [0.29, 0.717) is 36.4 Å². The van der Waals surface area contributed by atoms with Crippen LogP contribution in [0.2, 0.25) is 0 Å². The van der Waals surface area contributed by atoms with E-state index in [1.807, 2.05) is 6.92 Å². The number of aryl methyl sites for hydroxylation is 1. The second-order valence-electron chi connectivity index (χ2n) is 6.90. The van der Waals surface area contributed by atoms with Gasteiger partial charge in [0, 0.05) is 13.1 Å². The molecule has 0 aliphatic carbocycles. The van der Waals surface area contributed by atoms with Crippen LogP contribution in [-0.2, 0) is 10.0 Å². The summed E-state index contributed by atoms with van der Waals surface area (Å²) in [5.41, 5.74) is 0.875. The first-order valence-electron chi connectivity index (χ1n) is 8.58. The van der Waals surface area contributed by atoms with Crippen LogP contribution in [0, 0.1) is 18.8 Å². The van der Waals surface area contributed by atoms with Gasteiger partial charge in [-0.05, 0) is 55.4 Å². The highest BCUT2D eigenvalue weighted by Crippen LogP contribution is 2.29. The highest BCUT2D eigenvalue weighted by Gasteiger charge is 2.31. The van der Waals surface area contributed by atoms with Gasteiger partial charge >= 0.3 is 0 Å². The van der Waals surface area contributed by atoms with Gasteiger partial charge in [0.1, 0.15) is 5.75 Å². The smallest absolute Gasteiger partial charge is 0.243 e. The number of piperidine rings is 1. The van der Waals surface area contributed by atoms with E-state index < -0.39 is 10.0 Å². The van der Waals surface area contributed by atoms with Crippen LogP contribution in [0.3, 0.4) is 0 Å². The lowest BCUT2D eigenvalue weighted by Crippen LogP contribution is -2.42. The summed E-state index contributed by atoms with van der Waals surface area (Å²) >= 11 is 0. The number of benzene rings is 1. The largest absolute Gasteiger partial charge is 0.493 e. The molecule has 2 rings (SSSR count). The fourth-order valence-electron chi connectivity index (χ4n) is 3.22. The molecule has 0 saturated carbocycles. The van der Waals surface area contributed by atoms with Crippen molar-refractivity contribution in [2.45, 2.75) is 51.9 Å². The van der Waals surface area contributed by atoms with Crippen molar-refractivity contribution in [1.29, 1.82) is 0 Å². The molecule has 4 nitrogen and oxygen atoms in total. The van der Waals surface area contributed by atoms with Gasteiger partial charge in [0.25, 0.3) is 0 Å². The first-order chi connectivity index (χ1) is 10.8. The number of nitrogens with zero attached hydrogens (tertiary/aromatic N) is 1. The van der Waals surface area contributed by atoms with Gasteiger partial charge in [-0.25, -0.2) is 8.42 Å². The van der Waals surface area contributed by atoms with Gasteiger partial charge in [-0.2, -0.15) is 4.31 Å². The second kappa shape index (κ2) is 7.67. The minimum atomic E-state index is -3.41. The zero-order valence-electron chi connectivity index (χ0n) is 14.7. The van der Waals surface area contributed by atoms with E-state index in [1.54, 1.807) is 22.5 Å². The van der Waals surface area contributed by atoms with Crippen molar-refractivity contribution < 1.29 is 13.2 Å². The standard InChI is InChI=1S/C18H29NO3S/c1-5-6-9-22-18-8-7-17(11-16(18)4)23(20,21)19-12-14(2)10-15(3)13-19/h7-8,11,14-15H,5-6,9-10,12-13H2,1-4H3/t14-,15+. The Kier molecular flexibility index (Phi) is 6.09. The number of unbranched alkanes of at least 4 members (excludes halogenated alkanes) is 1. The van der Waals surface area contributed by atoms with Crippen molar-refractivity contribution in [3.63, 3.8) is 0 Å². The zero-order chi connectivity index (χ0) is 17.0. The summed E-state index contributed by atoms with van der Waals surface area (Å²) in [4.78, 5) is 0.374. The molecule has 1 aromatic carbocycles. The van der Waals surface area contributed by atoms with E-state index in [9.17, 15) is 8.42 Å². The van der Waals surface area contributed by atoms with Crippen LogP contribution in [0.15, 0.2) is 23.1 Å². The molecule has 130 valence electrons. The molecule has 2 atom stereocenters. The fraction of sp³-hybridized carbons (Fsp3) is 0.667. The van der Waals surface area contributed by atoms with Gasteiger partial charge in [0.2, 0.25) is 10.0 Å². The van der Waals surface area contributed by atoms with E-state index >= 15 is 0 Å². The SMILES string of the molecule is CCCCOc1ccc(S(=O)(=O)N2C[C@H](C)C[C@H](C)C2)cc1C. The van der Waals surface area contributed by atoms with Crippen LogP contribution in [0.4, 0.5) is 0 Å². The van der Waals surface area contributed by atoms with Crippen LogP contribution >= 0.6 is 0 Å². The Labute approximate surface area is 140 Å². The van der Waals surface area contributed by atoms with Gasteiger partial charge < -0.3 is 4.74 Å². The minimum absolute atomic E-state index is 0.374. The van der Waals surface area contributed by atoms with Crippen molar-refractivity contribution in [3.8, 4) is 5.75 Å². The Morgan fingerprint density at radius 2 is 1.87 bits per heavy atom. The van der Waals surface area contributed by atoms with Crippen LogP contribution in [0.1, 0.15) is 45.6 Å². The van der Waals surface area contributed by atoms with Crippen molar-refractivity contribution in [1.82, 2.24) is 4.31 Å². The zero-order valence-corrected chi connectivity index (χ0v) is 15.5. The predicted molar refractivity (Wildman–Crippen MR) is 93.3 cm³/mol. The molecule has 0 spiro atoms. The van der Waals surface area contributed by atoms with Gasteiger partial charge in [0.15, 0.2) is 0 Å². The molecule has 0 aromatic heterocycles. The van der Waals surface area contributed by atoms with Gasteiger partial charge in [0.05, 0.1) is 11.5 Å². The monoisotopic (exact) mass is 339 g/mol. The van der Waals surface area contributed by atoms with E-state index in [4.69, 9.17) is 4.74 Å². The summed E-state index contributed by atoms with van der Waals surface area (Å²) in [5.74, 6) is 1.59. The Bertz CT molecular complexity index is 617. The van der Waals surface area contributed by atoms with Gasteiger partial charge in [-0.15, -0.1) is 0 Å². The Morgan fingerprint density at radius 3 is 2.43 bits per heavy atom. The van der Waals surface area contributed by atoms with E-state index in [1.165, 1.54) is 0 Å². The van der Waals surface area contributed by atoms with Crippen molar-refractivity contribution in [2.24, 2.45) is 11.8 Å². The first kappa shape index (κ1) is 18.3. The molecule has 0 radical (unpaired) electrons. The van der Waals surface area contributed by atoms with Gasteiger partial charge in [-0.1, -0.05) is 27.2 Å². The van der Waals surface area contributed by atoms with Gasteiger partial charge in [-0.3, -0.25) is 0 Å². The Hall–Kier alpha value is -1.07. The molecule has 1 aromatic rings. The summed E-state index contributed by atoms with van der Waals surface area (Å²) in [5, 5.41) is 0. The molecule has 0 amide bonds. The number of ether oxygens (including phenoxy) is 1. The van der Waals surface area contributed by atoms with E-state index in [-0.39, 0.29) is 0 Å². The molecular formula is C18H29NO3S. The molecular weight excluding hydrogens is 310 g/mol. The molecule has 1 aliphatic rings. The summed E-state index contributed by atoms with van der Waals surface area (Å²) in [6.07, 6.45) is 3.18. The highest BCUT2D eigenvalue weighted by atomic mass is 32.2. The third kappa shape index (κ3) is 4.48. The molecule has 23 heavy (non-hydrogen) atoms. The number of rotatable bonds is 6. The van der Waals surface area contributed by atoms with Crippen molar-refractivity contribution >= 4 is 10.0 Å². The number of sulfonamides is 1. The second-order valence-corrected chi connectivity index (χ2v) is 8.84. The summed E-state index contributed by atoms with van der Waals surface area (Å²) in [6, 6.07) is 5.20. The van der Waals surface area contributed by atoms with Crippen molar-refractivity contribution in [3.05, 3.63) is 23.8 Å². The molecule has 0 bridgehead atoms. The lowest BCUT2D eigenvalue weighted by molar-refractivity contribution is 0.222. The van der Waals surface area contributed by atoms with Crippen LogP contribution in [0.5, 0.6) is 5.75 Å². The lowest BCUT2D eigenvalue weighted by Gasteiger charge is -2.34. The highest BCUT2D eigenvalue weighted by molar-refractivity contribution is 7.89.